The van der Waals surface area contributed by atoms with Crippen LogP contribution in [-0.2, 0) is 0 Å². The molecule has 3 heteroatoms. The second-order valence-corrected chi connectivity index (χ2v) is 5.52. The van der Waals surface area contributed by atoms with Crippen molar-refractivity contribution in [2.45, 2.75) is 0 Å². The molecule has 3 aromatic heterocycles. The van der Waals surface area contributed by atoms with Gasteiger partial charge in [-0.3, -0.25) is 0 Å². The number of H-pyrrole nitrogens is 2. The van der Waals surface area contributed by atoms with Gasteiger partial charge in [0.2, 0.25) is 0 Å². The van der Waals surface area contributed by atoms with E-state index in [2.05, 4.69) is 34.2 Å². The Morgan fingerprint density at radius 3 is 1.58 bits per heavy atom. The summed E-state index contributed by atoms with van der Waals surface area (Å²) in [6.07, 6.45) is 7.65. The first-order valence-corrected chi connectivity index (χ1v) is 7.87. The van der Waals surface area contributed by atoms with Gasteiger partial charge in [-0.15, -0.1) is 0 Å². The predicted molar refractivity (Wildman–Crippen MR) is 92.5 cm³/mol. The smallest absolute Gasteiger partial charge is 0.217 e. The maximum absolute atomic E-state index is 6.17. The normalized spacial score (nSPS) is 10.5. The van der Waals surface area contributed by atoms with Crippen LogP contribution in [0.1, 0.15) is 0 Å². The Hall–Kier alpha value is -3.33. The highest BCUT2D eigenvalue weighted by Crippen LogP contribution is 2.31. The summed E-state index contributed by atoms with van der Waals surface area (Å²) in [6, 6.07) is 22.5. The summed E-state index contributed by atoms with van der Waals surface area (Å²) in [7, 11) is 0. The van der Waals surface area contributed by atoms with E-state index in [0.717, 1.165) is 33.8 Å². The highest BCUT2D eigenvalue weighted by Gasteiger charge is 2.22. The molecule has 0 aliphatic carbocycles. The van der Waals surface area contributed by atoms with Crippen molar-refractivity contribution in [3.8, 4) is 33.8 Å². The summed E-state index contributed by atoms with van der Waals surface area (Å²) in [5.41, 5.74) is 4.31. The molecule has 3 heterocycles. The molecular formula is C21H17N2O+3. The average molecular weight is 313 g/mol. The maximum Gasteiger partial charge on any atom is 0.367 e. The minimum absolute atomic E-state index is 0.826. The van der Waals surface area contributed by atoms with E-state index in [-0.39, 0.29) is 0 Å². The summed E-state index contributed by atoms with van der Waals surface area (Å²) in [5, 5.41) is 0. The molecule has 0 aliphatic rings. The van der Waals surface area contributed by atoms with Crippen molar-refractivity contribution in [3.05, 3.63) is 91.5 Å². The minimum atomic E-state index is 0.826. The molecule has 0 radical (unpaired) electrons. The van der Waals surface area contributed by atoms with Gasteiger partial charge in [-0.1, -0.05) is 30.3 Å². The quantitative estimate of drug-likeness (QED) is 0.523. The first-order chi connectivity index (χ1) is 11.9. The molecule has 0 spiro atoms. The van der Waals surface area contributed by atoms with Crippen LogP contribution in [-0.4, -0.2) is 0 Å². The summed E-state index contributed by atoms with van der Waals surface area (Å²) >= 11 is 0. The van der Waals surface area contributed by atoms with E-state index in [9.17, 15) is 0 Å². The van der Waals surface area contributed by atoms with Crippen molar-refractivity contribution in [1.29, 1.82) is 0 Å². The summed E-state index contributed by atoms with van der Waals surface area (Å²) < 4.78 is 6.17. The third-order valence-corrected chi connectivity index (χ3v) is 3.88. The molecule has 4 rings (SSSR count). The number of aromatic nitrogens is 2. The molecule has 0 fully saturated rings. The van der Waals surface area contributed by atoms with Gasteiger partial charge in [-0.25, -0.2) is 14.4 Å². The van der Waals surface area contributed by atoms with Gasteiger partial charge in [-0.2, -0.15) is 0 Å². The monoisotopic (exact) mass is 313 g/mol. The van der Waals surface area contributed by atoms with Crippen LogP contribution >= 0.6 is 0 Å². The van der Waals surface area contributed by atoms with Gasteiger partial charge >= 0.3 is 11.5 Å². The van der Waals surface area contributed by atoms with E-state index < -0.39 is 0 Å². The zero-order chi connectivity index (χ0) is 16.2. The summed E-state index contributed by atoms with van der Waals surface area (Å²) in [4.78, 5) is 6.22. The molecule has 0 atom stereocenters. The van der Waals surface area contributed by atoms with E-state index >= 15 is 0 Å². The average Bonchev–Trinajstić information content (AvgIpc) is 2.70. The predicted octanol–water partition coefficient (Wildman–Crippen LogP) is 4.19. The van der Waals surface area contributed by atoms with Crippen LogP contribution in [0, 0.1) is 0 Å². The van der Waals surface area contributed by atoms with E-state index in [4.69, 9.17) is 4.42 Å². The van der Waals surface area contributed by atoms with Crippen molar-refractivity contribution in [2.75, 3.05) is 0 Å². The third-order valence-electron chi connectivity index (χ3n) is 3.88. The second-order valence-electron chi connectivity index (χ2n) is 5.52. The van der Waals surface area contributed by atoms with E-state index in [0.29, 0.717) is 0 Å². The van der Waals surface area contributed by atoms with E-state index in [1.165, 1.54) is 0 Å². The topological polar surface area (TPSA) is 39.6 Å². The van der Waals surface area contributed by atoms with Crippen LogP contribution in [0.15, 0.2) is 95.9 Å². The van der Waals surface area contributed by atoms with Crippen LogP contribution in [0.4, 0.5) is 0 Å². The Morgan fingerprint density at radius 2 is 1.08 bits per heavy atom. The lowest BCUT2D eigenvalue weighted by Crippen LogP contribution is -1.99. The molecule has 0 amide bonds. The fourth-order valence-electron chi connectivity index (χ4n) is 2.68. The van der Waals surface area contributed by atoms with Crippen molar-refractivity contribution >= 4 is 0 Å². The molecule has 0 saturated carbocycles. The van der Waals surface area contributed by atoms with Crippen LogP contribution in [0.25, 0.3) is 33.8 Å². The van der Waals surface area contributed by atoms with Gasteiger partial charge in [-0.05, 0) is 17.7 Å². The molecule has 4 aromatic rings. The van der Waals surface area contributed by atoms with Crippen molar-refractivity contribution in [2.24, 2.45) is 0 Å². The molecule has 1 aromatic carbocycles. The highest BCUT2D eigenvalue weighted by molar-refractivity contribution is 5.73. The van der Waals surface area contributed by atoms with Crippen molar-refractivity contribution in [1.82, 2.24) is 0 Å². The van der Waals surface area contributed by atoms with Gasteiger partial charge in [0.05, 0.1) is 12.1 Å². The maximum atomic E-state index is 6.17. The van der Waals surface area contributed by atoms with Crippen LogP contribution < -0.4 is 9.97 Å². The molecule has 0 bridgehead atoms. The lowest BCUT2D eigenvalue weighted by molar-refractivity contribution is -0.377. The van der Waals surface area contributed by atoms with E-state index in [1.807, 2.05) is 67.3 Å². The molecule has 0 unspecified atom stereocenters. The van der Waals surface area contributed by atoms with Gasteiger partial charge in [0.15, 0.2) is 24.8 Å². The Labute approximate surface area is 140 Å². The van der Waals surface area contributed by atoms with Gasteiger partial charge in [0.1, 0.15) is 11.1 Å². The minimum Gasteiger partial charge on any atom is -0.217 e. The first-order valence-electron chi connectivity index (χ1n) is 7.87. The summed E-state index contributed by atoms with van der Waals surface area (Å²) in [5.74, 6) is 1.65. The number of nitrogens with one attached hydrogen (secondary N) is 2. The lowest BCUT2D eigenvalue weighted by Gasteiger charge is -2.00. The van der Waals surface area contributed by atoms with E-state index in [1.54, 1.807) is 0 Å². The molecule has 24 heavy (non-hydrogen) atoms. The van der Waals surface area contributed by atoms with Crippen LogP contribution in [0.2, 0.25) is 0 Å². The number of pyridine rings is 2. The Kier molecular flexibility index (Phi) is 3.82. The van der Waals surface area contributed by atoms with Crippen LogP contribution in [0.3, 0.4) is 0 Å². The van der Waals surface area contributed by atoms with Crippen LogP contribution in [0.5, 0.6) is 0 Å². The molecule has 2 N–H and O–H groups in total. The third kappa shape index (κ3) is 2.92. The summed E-state index contributed by atoms with van der Waals surface area (Å²) in [6.45, 7) is 0. The van der Waals surface area contributed by atoms with Crippen molar-refractivity contribution < 1.29 is 14.4 Å². The number of rotatable bonds is 3. The zero-order valence-electron chi connectivity index (χ0n) is 13.1. The Balaban J connectivity index is 1.92. The highest BCUT2D eigenvalue weighted by atomic mass is 16.3. The lowest BCUT2D eigenvalue weighted by atomic mass is 10.0. The second kappa shape index (κ2) is 6.42. The first kappa shape index (κ1) is 14.3. The van der Waals surface area contributed by atoms with Gasteiger partial charge in [0.25, 0.3) is 0 Å². The number of hydrogen-bond acceptors (Lipinski definition) is 0. The zero-order valence-corrected chi connectivity index (χ0v) is 13.1. The van der Waals surface area contributed by atoms with Gasteiger partial charge < -0.3 is 0 Å². The Morgan fingerprint density at radius 1 is 0.542 bits per heavy atom. The van der Waals surface area contributed by atoms with Gasteiger partial charge in [0, 0.05) is 17.7 Å². The molecule has 0 aliphatic heterocycles. The van der Waals surface area contributed by atoms with Crippen molar-refractivity contribution in [3.63, 3.8) is 0 Å². The number of benzene rings is 1. The number of hydrogen-bond donors (Lipinski definition) is 0. The largest absolute Gasteiger partial charge is 0.367 e. The molecule has 0 saturated heterocycles. The Bertz CT molecular complexity index is 800. The fraction of sp³-hybridized carbons (Fsp3) is 0. The SMILES string of the molecule is c1ccc(-c2cc(-c3ccc[nH+]c3)[o+]c(-c3ccc[nH+]c3)c2)cc1. The number of aromatic amines is 2. The fourth-order valence-corrected chi connectivity index (χ4v) is 2.68. The molecule has 3 nitrogen and oxygen atoms in total. The standard InChI is InChI=1S/C21H15N2O/c1-2-6-16(7-3-1)19-12-20(17-8-4-10-22-14-17)24-21(13-19)18-9-5-11-23-15-18/h1-15H/q+1/p+2. The molecule has 114 valence electrons. The molecular weight excluding hydrogens is 296 g/mol.